The van der Waals surface area contributed by atoms with Crippen molar-refractivity contribution in [3.63, 3.8) is 0 Å². The van der Waals surface area contributed by atoms with Crippen molar-refractivity contribution < 1.29 is 0 Å². The molecule has 0 N–H and O–H groups in total. The Labute approximate surface area is 108 Å². The average molecular weight is 264 g/mol. The van der Waals surface area contributed by atoms with Crippen LogP contribution in [0.15, 0.2) is 24.5 Å². The highest BCUT2D eigenvalue weighted by molar-refractivity contribution is 7.11. The molecule has 0 amide bonds. The van der Waals surface area contributed by atoms with Gasteiger partial charge in [-0.2, -0.15) is 0 Å². The fourth-order valence-corrected chi connectivity index (χ4v) is 2.84. The molecule has 86 valence electrons. The van der Waals surface area contributed by atoms with E-state index in [-0.39, 0.29) is 0 Å². The third kappa shape index (κ3) is 1.83. The molecule has 3 heterocycles. The van der Waals surface area contributed by atoms with Crippen LogP contribution in [0.5, 0.6) is 0 Å². The Hall–Kier alpha value is -1.39. The van der Waals surface area contributed by atoms with Crippen molar-refractivity contribution in [1.82, 2.24) is 14.4 Å². The fourth-order valence-electron chi connectivity index (χ4n) is 1.85. The van der Waals surface area contributed by atoms with Crippen molar-refractivity contribution in [2.45, 2.75) is 13.8 Å². The van der Waals surface area contributed by atoms with E-state index in [1.807, 2.05) is 35.9 Å². The molecule has 0 aliphatic rings. The van der Waals surface area contributed by atoms with E-state index in [1.165, 1.54) is 4.88 Å². The van der Waals surface area contributed by atoms with E-state index in [0.717, 1.165) is 22.0 Å². The van der Waals surface area contributed by atoms with Crippen LogP contribution in [-0.4, -0.2) is 14.4 Å². The number of imidazole rings is 1. The van der Waals surface area contributed by atoms with Gasteiger partial charge in [0, 0.05) is 17.3 Å². The first-order valence-corrected chi connectivity index (χ1v) is 6.41. The van der Waals surface area contributed by atoms with Gasteiger partial charge in [-0.3, -0.25) is 0 Å². The maximum atomic E-state index is 5.95. The van der Waals surface area contributed by atoms with Crippen molar-refractivity contribution in [3.05, 3.63) is 39.4 Å². The van der Waals surface area contributed by atoms with Crippen LogP contribution in [0.3, 0.4) is 0 Å². The number of hydrogen-bond acceptors (Lipinski definition) is 3. The van der Waals surface area contributed by atoms with Gasteiger partial charge in [0.1, 0.15) is 17.0 Å². The van der Waals surface area contributed by atoms with Crippen LogP contribution in [-0.2, 0) is 0 Å². The van der Waals surface area contributed by atoms with Gasteiger partial charge in [0.15, 0.2) is 0 Å². The molecule has 0 spiro atoms. The fraction of sp³-hybridized carbons (Fsp3) is 0.167. The molecule has 3 rings (SSSR count). The van der Waals surface area contributed by atoms with E-state index in [0.29, 0.717) is 5.02 Å². The first kappa shape index (κ1) is 10.7. The highest BCUT2D eigenvalue weighted by atomic mass is 35.5. The average Bonchev–Trinajstić information content (AvgIpc) is 2.80. The summed E-state index contributed by atoms with van der Waals surface area (Å²) >= 11 is 7.64. The number of aryl methyl sites for hydroxylation is 2. The Morgan fingerprint density at radius 1 is 1.18 bits per heavy atom. The third-order valence-electron chi connectivity index (χ3n) is 2.56. The van der Waals surface area contributed by atoms with Crippen molar-refractivity contribution in [3.8, 4) is 11.4 Å². The lowest BCUT2D eigenvalue weighted by Crippen LogP contribution is -1.79. The molecule has 3 aromatic heterocycles. The summed E-state index contributed by atoms with van der Waals surface area (Å²) < 4.78 is 1.92. The summed E-state index contributed by atoms with van der Waals surface area (Å²) in [6, 6.07) is 3.74. The number of aromatic nitrogens is 3. The summed E-state index contributed by atoms with van der Waals surface area (Å²) in [5.41, 5.74) is 2.75. The smallest absolute Gasteiger partial charge is 0.137 e. The number of fused-ring (bicyclic) bond motifs is 1. The quantitative estimate of drug-likeness (QED) is 0.670. The van der Waals surface area contributed by atoms with Gasteiger partial charge in [-0.1, -0.05) is 11.6 Å². The van der Waals surface area contributed by atoms with Crippen LogP contribution >= 0.6 is 22.9 Å². The monoisotopic (exact) mass is 263 g/mol. The summed E-state index contributed by atoms with van der Waals surface area (Å²) in [4.78, 5) is 10.2. The molecule has 3 nitrogen and oxygen atoms in total. The molecule has 0 saturated heterocycles. The van der Waals surface area contributed by atoms with E-state index in [9.17, 15) is 0 Å². The number of halogens is 1. The minimum atomic E-state index is 0.702. The number of pyridine rings is 1. The van der Waals surface area contributed by atoms with E-state index in [2.05, 4.69) is 16.9 Å². The van der Waals surface area contributed by atoms with Crippen LogP contribution in [0.2, 0.25) is 5.02 Å². The molecular formula is C12H10ClN3S. The van der Waals surface area contributed by atoms with E-state index in [1.54, 1.807) is 11.3 Å². The minimum Gasteiger partial charge on any atom is -0.305 e. The number of thiazole rings is 1. The van der Waals surface area contributed by atoms with Crippen molar-refractivity contribution in [2.75, 3.05) is 0 Å². The molecule has 0 unspecified atom stereocenters. The van der Waals surface area contributed by atoms with Crippen LogP contribution in [0.1, 0.15) is 9.88 Å². The maximum Gasteiger partial charge on any atom is 0.137 e. The largest absolute Gasteiger partial charge is 0.305 e. The molecule has 0 saturated carbocycles. The van der Waals surface area contributed by atoms with Crippen molar-refractivity contribution in [2.24, 2.45) is 0 Å². The number of nitrogens with zero attached hydrogens (tertiary/aromatic N) is 3. The second-order valence-corrected chi connectivity index (χ2v) is 5.72. The molecule has 0 aliphatic heterocycles. The Bertz CT molecular complexity index is 699. The van der Waals surface area contributed by atoms with Crippen molar-refractivity contribution in [1.29, 1.82) is 0 Å². The summed E-state index contributed by atoms with van der Waals surface area (Å²) in [5, 5.41) is 1.76. The molecule has 0 atom stereocenters. The molecular weight excluding hydrogens is 254 g/mol. The molecule has 3 aromatic rings. The predicted molar refractivity (Wildman–Crippen MR) is 70.8 cm³/mol. The Kier molecular flexibility index (Phi) is 2.42. The Morgan fingerprint density at radius 3 is 2.71 bits per heavy atom. The first-order chi connectivity index (χ1) is 8.13. The van der Waals surface area contributed by atoms with Gasteiger partial charge in [-0.05, 0) is 26.0 Å². The maximum absolute atomic E-state index is 5.95. The molecule has 0 fully saturated rings. The zero-order chi connectivity index (χ0) is 12.0. The standard InChI is InChI=1S/C12H10ClN3S/c1-7-12(14-8(2)17-7)10-6-16-5-9(13)3-4-11(16)15-10/h3-6H,1-2H3. The number of hydrogen-bond donors (Lipinski definition) is 0. The molecule has 17 heavy (non-hydrogen) atoms. The van der Waals surface area contributed by atoms with Gasteiger partial charge < -0.3 is 4.40 Å². The van der Waals surface area contributed by atoms with Gasteiger partial charge in [-0.15, -0.1) is 11.3 Å². The minimum absolute atomic E-state index is 0.702. The zero-order valence-corrected chi connectivity index (χ0v) is 11.0. The van der Waals surface area contributed by atoms with Crippen LogP contribution in [0.4, 0.5) is 0 Å². The van der Waals surface area contributed by atoms with Gasteiger partial charge in [0.2, 0.25) is 0 Å². The molecule has 0 aromatic carbocycles. The second kappa shape index (κ2) is 3.82. The number of rotatable bonds is 1. The predicted octanol–water partition coefficient (Wildman–Crippen LogP) is 3.73. The normalized spacial score (nSPS) is 11.2. The lowest BCUT2D eigenvalue weighted by molar-refractivity contribution is 1.19. The first-order valence-electron chi connectivity index (χ1n) is 5.22. The Balaban J connectivity index is 2.21. The van der Waals surface area contributed by atoms with Gasteiger partial charge in [-0.25, -0.2) is 9.97 Å². The van der Waals surface area contributed by atoms with Gasteiger partial charge in [0.25, 0.3) is 0 Å². The highest BCUT2D eigenvalue weighted by Gasteiger charge is 2.11. The Morgan fingerprint density at radius 2 is 2.00 bits per heavy atom. The van der Waals surface area contributed by atoms with Crippen molar-refractivity contribution >= 4 is 28.6 Å². The topological polar surface area (TPSA) is 30.2 Å². The molecule has 0 radical (unpaired) electrons. The van der Waals surface area contributed by atoms with Crippen LogP contribution in [0, 0.1) is 13.8 Å². The highest BCUT2D eigenvalue weighted by Crippen LogP contribution is 2.27. The molecule has 0 aliphatic carbocycles. The third-order valence-corrected chi connectivity index (χ3v) is 3.67. The van der Waals surface area contributed by atoms with E-state index < -0.39 is 0 Å². The van der Waals surface area contributed by atoms with E-state index in [4.69, 9.17) is 11.6 Å². The summed E-state index contributed by atoms with van der Waals surface area (Å²) in [7, 11) is 0. The zero-order valence-electron chi connectivity index (χ0n) is 9.44. The second-order valence-electron chi connectivity index (χ2n) is 3.88. The van der Waals surface area contributed by atoms with Crippen LogP contribution < -0.4 is 0 Å². The SMILES string of the molecule is Cc1nc(-c2cn3cc(Cl)ccc3n2)c(C)s1. The van der Waals surface area contributed by atoms with E-state index >= 15 is 0 Å². The summed E-state index contributed by atoms with van der Waals surface area (Å²) in [6.45, 7) is 4.07. The molecule has 0 bridgehead atoms. The van der Waals surface area contributed by atoms with Crippen LogP contribution in [0.25, 0.3) is 17.0 Å². The molecule has 5 heteroatoms. The lowest BCUT2D eigenvalue weighted by Gasteiger charge is -1.91. The summed E-state index contributed by atoms with van der Waals surface area (Å²) in [6.07, 6.45) is 3.81. The van der Waals surface area contributed by atoms with Gasteiger partial charge in [0.05, 0.1) is 10.0 Å². The van der Waals surface area contributed by atoms with Gasteiger partial charge >= 0.3 is 0 Å². The summed E-state index contributed by atoms with van der Waals surface area (Å²) in [5.74, 6) is 0. The lowest BCUT2D eigenvalue weighted by atomic mass is 10.3.